The average Bonchev–Trinajstić information content (AvgIpc) is 2.71. The predicted octanol–water partition coefficient (Wildman–Crippen LogP) is 3.58. The molecule has 19 heavy (non-hydrogen) atoms. The minimum absolute atomic E-state index is 0.459. The third kappa shape index (κ3) is 3.85. The topological polar surface area (TPSA) is 43.8 Å². The Morgan fingerprint density at radius 3 is 2.26 bits per heavy atom. The highest BCUT2D eigenvalue weighted by Gasteiger charge is 2.15. The van der Waals surface area contributed by atoms with Gasteiger partial charge < -0.3 is 10.3 Å². The van der Waals surface area contributed by atoms with E-state index in [4.69, 9.17) is 0 Å². The molecule has 0 spiro atoms. The molecular formula is C15H23N3S. The Kier molecular flexibility index (Phi) is 6.12. The van der Waals surface area contributed by atoms with Gasteiger partial charge in [0.15, 0.2) is 0 Å². The van der Waals surface area contributed by atoms with E-state index in [0.717, 1.165) is 5.82 Å². The summed E-state index contributed by atoms with van der Waals surface area (Å²) in [4.78, 5) is 5.91. The number of nitrogens with zero attached hydrogens (tertiary/aromatic N) is 2. The van der Waals surface area contributed by atoms with E-state index < -0.39 is 0 Å². The highest BCUT2D eigenvalue weighted by molar-refractivity contribution is 7.99. The maximum atomic E-state index is 4.65. The van der Waals surface area contributed by atoms with E-state index in [2.05, 4.69) is 67.4 Å². The molecule has 0 unspecified atom stereocenters. The second kappa shape index (κ2) is 7.36. The molecule has 0 aliphatic rings. The Labute approximate surface area is 120 Å². The number of benzene rings is 1. The lowest BCUT2D eigenvalue weighted by molar-refractivity contribution is 0.754. The van der Waals surface area contributed by atoms with Crippen LogP contribution in [0.15, 0.2) is 40.3 Å². The van der Waals surface area contributed by atoms with Crippen molar-refractivity contribution in [2.75, 3.05) is 7.05 Å². The number of aryl methyl sites for hydroxylation is 1. The molecule has 0 saturated heterocycles. The largest absolute Gasteiger partial charge is 0.333 e. The van der Waals surface area contributed by atoms with Crippen molar-refractivity contribution in [2.24, 2.45) is 12.8 Å². The van der Waals surface area contributed by atoms with Gasteiger partial charge in [0.2, 0.25) is 0 Å². The minimum atomic E-state index is 0.459. The molecule has 0 radical (unpaired) electrons. The number of rotatable bonds is 3. The zero-order valence-corrected chi connectivity index (χ0v) is 13.2. The summed E-state index contributed by atoms with van der Waals surface area (Å²) in [5, 5.41) is 1.25. The maximum Gasteiger partial charge on any atom is 0.106 e. The van der Waals surface area contributed by atoms with Crippen LogP contribution in [0, 0.1) is 6.92 Å². The van der Waals surface area contributed by atoms with Gasteiger partial charge in [-0.3, -0.25) is 0 Å². The first-order valence-electron chi connectivity index (χ1n) is 6.43. The second-order valence-electron chi connectivity index (χ2n) is 4.48. The molecule has 0 aliphatic heterocycles. The third-order valence-corrected chi connectivity index (χ3v) is 3.98. The molecule has 0 bridgehead atoms. The quantitative estimate of drug-likeness (QED) is 0.932. The molecule has 4 heteroatoms. The van der Waals surface area contributed by atoms with Gasteiger partial charge in [0, 0.05) is 11.9 Å². The standard InChI is InChI=1S/C14H18N2S.CH5N/c1-10(2)13-14(16(4)11(3)15-13)17-12-8-6-5-7-9-12;1-2/h5-10H,1-4H3;2H2,1H3. The summed E-state index contributed by atoms with van der Waals surface area (Å²) in [5.41, 5.74) is 5.69. The minimum Gasteiger partial charge on any atom is -0.333 e. The van der Waals surface area contributed by atoms with Crippen LogP contribution in [0.2, 0.25) is 0 Å². The zero-order chi connectivity index (χ0) is 14.4. The van der Waals surface area contributed by atoms with E-state index in [9.17, 15) is 0 Å². The molecule has 2 rings (SSSR count). The Morgan fingerprint density at radius 2 is 1.74 bits per heavy atom. The summed E-state index contributed by atoms with van der Waals surface area (Å²) < 4.78 is 2.17. The Morgan fingerprint density at radius 1 is 1.16 bits per heavy atom. The molecule has 1 heterocycles. The number of nitrogens with two attached hydrogens (primary N) is 1. The van der Waals surface area contributed by atoms with Crippen molar-refractivity contribution in [3.8, 4) is 0 Å². The lowest BCUT2D eigenvalue weighted by atomic mass is 10.2. The van der Waals surface area contributed by atoms with Crippen LogP contribution < -0.4 is 5.73 Å². The fourth-order valence-electron chi connectivity index (χ4n) is 1.71. The summed E-state index contributed by atoms with van der Waals surface area (Å²) >= 11 is 1.79. The molecule has 0 aliphatic carbocycles. The van der Waals surface area contributed by atoms with Crippen molar-refractivity contribution in [3.05, 3.63) is 41.9 Å². The van der Waals surface area contributed by atoms with E-state index in [1.807, 2.05) is 6.07 Å². The van der Waals surface area contributed by atoms with Gasteiger partial charge in [0.05, 0.1) is 5.69 Å². The Balaban J connectivity index is 0.000000861. The summed E-state index contributed by atoms with van der Waals surface area (Å²) in [5.74, 6) is 1.54. The van der Waals surface area contributed by atoms with Crippen molar-refractivity contribution >= 4 is 11.8 Å². The van der Waals surface area contributed by atoms with Crippen LogP contribution in [-0.4, -0.2) is 16.6 Å². The number of aromatic nitrogens is 2. The van der Waals surface area contributed by atoms with Crippen LogP contribution >= 0.6 is 11.8 Å². The van der Waals surface area contributed by atoms with Gasteiger partial charge in [-0.05, 0) is 32.0 Å². The van der Waals surface area contributed by atoms with Crippen molar-refractivity contribution in [1.82, 2.24) is 9.55 Å². The van der Waals surface area contributed by atoms with Crippen LogP contribution in [0.25, 0.3) is 0 Å². The number of hydrogen-bond acceptors (Lipinski definition) is 3. The van der Waals surface area contributed by atoms with E-state index >= 15 is 0 Å². The smallest absolute Gasteiger partial charge is 0.106 e. The summed E-state index contributed by atoms with van der Waals surface area (Å²) in [6, 6.07) is 10.5. The lowest BCUT2D eigenvalue weighted by Gasteiger charge is -2.08. The fourth-order valence-corrected chi connectivity index (χ4v) is 2.88. The third-order valence-electron chi connectivity index (χ3n) is 2.80. The number of hydrogen-bond donors (Lipinski definition) is 1. The first kappa shape index (κ1) is 15.8. The van der Waals surface area contributed by atoms with Crippen molar-refractivity contribution < 1.29 is 0 Å². The molecule has 1 aromatic carbocycles. The molecule has 1 aromatic heterocycles. The van der Waals surface area contributed by atoms with Crippen molar-refractivity contribution in [3.63, 3.8) is 0 Å². The normalized spacial score (nSPS) is 10.3. The summed E-state index contributed by atoms with van der Waals surface area (Å²) in [6.07, 6.45) is 0. The fraction of sp³-hybridized carbons (Fsp3) is 0.400. The summed E-state index contributed by atoms with van der Waals surface area (Å²) in [6.45, 7) is 6.44. The maximum absolute atomic E-state index is 4.65. The van der Waals surface area contributed by atoms with Gasteiger partial charge in [-0.1, -0.05) is 43.8 Å². The average molecular weight is 277 g/mol. The molecule has 104 valence electrons. The zero-order valence-electron chi connectivity index (χ0n) is 12.3. The van der Waals surface area contributed by atoms with Crippen LogP contribution in [0.5, 0.6) is 0 Å². The first-order chi connectivity index (χ1) is 9.09. The number of imidazole rings is 1. The predicted molar refractivity (Wildman–Crippen MR) is 82.7 cm³/mol. The SMILES string of the molecule is CN.Cc1nc(C(C)C)c(Sc2ccccc2)n1C. The molecule has 3 nitrogen and oxygen atoms in total. The van der Waals surface area contributed by atoms with E-state index in [1.165, 1.54) is 22.7 Å². The van der Waals surface area contributed by atoms with Crippen LogP contribution in [-0.2, 0) is 7.05 Å². The summed E-state index contributed by atoms with van der Waals surface area (Å²) in [7, 11) is 3.58. The second-order valence-corrected chi connectivity index (χ2v) is 5.54. The van der Waals surface area contributed by atoms with Gasteiger partial charge in [-0.15, -0.1) is 0 Å². The van der Waals surface area contributed by atoms with Crippen molar-refractivity contribution in [1.29, 1.82) is 0 Å². The first-order valence-corrected chi connectivity index (χ1v) is 7.25. The van der Waals surface area contributed by atoms with Crippen LogP contribution in [0.1, 0.15) is 31.3 Å². The van der Waals surface area contributed by atoms with Gasteiger partial charge in [-0.2, -0.15) is 0 Å². The molecular weight excluding hydrogens is 254 g/mol. The monoisotopic (exact) mass is 277 g/mol. The highest BCUT2D eigenvalue weighted by atomic mass is 32.2. The van der Waals surface area contributed by atoms with Gasteiger partial charge in [-0.25, -0.2) is 4.98 Å². The molecule has 2 aromatic rings. The Bertz CT molecular complexity index is 504. The molecule has 0 fully saturated rings. The van der Waals surface area contributed by atoms with E-state index in [1.54, 1.807) is 11.8 Å². The van der Waals surface area contributed by atoms with E-state index in [0.29, 0.717) is 5.92 Å². The molecule has 0 atom stereocenters. The molecule has 0 saturated carbocycles. The highest BCUT2D eigenvalue weighted by Crippen LogP contribution is 2.33. The molecule has 2 N–H and O–H groups in total. The van der Waals surface area contributed by atoms with Gasteiger partial charge >= 0.3 is 0 Å². The van der Waals surface area contributed by atoms with Gasteiger partial charge in [0.1, 0.15) is 10.9 Å². The van der Waals surface area contributed by atoms with E-state index in [-0.39, 0.29) is 0 Å². The van der Waals surface area contributed by atoms with Crippen molar-refractivity contribution in [2.45, 2.75) is 36.6 Å². The van der Waals surface area contributed by atoms with Crippen LogP contribution in [0.4, 0.5) is 0 Å². The lowest BCUT2D eigenvalue weighted by Crippen LogP contribution is -1.95. The Hall–Kier alpha value is -1.26. The molecule has 0 amide bonds. The van der Waals surface area contributed by atoms with Crippen LogP contribution in [0.3, 0.4) is 0 Å². The van der Waals surface area contributed by atoms with Gasteiger partial charge in [0.25, 0.3) is 0 Å².